The zero-order valence-electron chi connectivity index (χ0n) is 8.90. The first-order valence-corrected chi connectivity index (χ1v) is 4.72. The summed E-state index contributed by atoms with van der Waals surface area (Å²) in [6.07, 6.45) is 0. The van der Waals surface area contributed by atoms with E-state index in [1.54, 1.807) is 0 Å². The highest BCUT2D eigenvalue weighted by Crippen LogP contribution is 1.96. The van der Waals surface area contributed by atoms with E-state index in [9.17, 15) is 0 Å². The van der Waals surface area contributed by atoms with Crippen molar-refractivity contribution in [2.45, 2.75) is 13.0 Å². The molecule has 0 saturated heterocycles. The summed E-state index contributed by atoms with van der Waals surface area (Å²) in [6, 6.07) is 0.443. The van der Waals surface area contributed by atoms with Crippen LogP contribution in [0.25, 0.3) is 0 Å². The van der Waals surface area contributed by atoms with E-state index < -0.39 is 0 Å². The number of likely N-dealkylation sites (N-methyl/N-ethyl adjacent to an activating group) is 1. The van der Waals surface area contributed by atoms with Gasteiger partial charge in [0.1, 0.15) is 0 Å². The van der Waals surface area contributed by atoms with Gasteiger partial charge in [-0.25, -0.2) is 0 Å². The van der Waals surface area contributed by atoms with Gasteiger partial charge in [0.05, 0.1) is 13.2 Å². The predicted octanol–water partition coefficient (Wildman–Crippen LogP) is -0.777. The van der Waals surface area contributed by atoms with Crippen molar-refractivity contribution in [2.75, 3.05) is 46.9 Å². The van der Waals surface area contributed by atoms with Crippen LogP contribution in [0.1, 0.15) is 6.92 Å². The average Bonchev–Trinajstić information content (AvgIpc) is 2.05. The molecule has 0 aliphatic rings. The van der Waals surface area contributed by atoms with Crippen LogP contribution in [0, 0.1) is 0 Å². The van der Waals surface area contributed by atoms with Gasteiger partial charge < -0.3 is 15.1 Å². The molecular weight excluding hydrogens is 168 g/mol. The van der Waals surface area contributed by atoms with Gasteiger partial charge in [-0.3, -0.25) is 4.90 Å². The molecule has 0 spiro atoms. The third-order valence-corrected chi connectivity index (χ3v) is 2.24. The van der Waals surface area contributed by atoms with Crippen molar-refractivity contribution in [1.82, 2.24) is 9.80 Å². The highest BCUT2D eigenvalue weighted by Gasteiger charge is 2.10. The zero-order valence-corrected chi connectivity index (χ0v) is 8.90. The molecule has 0 saturated carbocycles. The minimum absolute atomic E-state index is 0.153. The molecule has 0 radical (unpaired) electrons. The molecule has 80 valence electrons. The summed E-state index contributed by atoms with van der Waals surface area (Å²) in [5.41, 5.74) is 0. The van der Waals surface area contributed by atoms with E-state index in [-0.39, 0.29) is 13.2 Å². The number of aliphatic hydroxyl groups is 2. The minimum Gasteiger partial charge on any atom is -0.395 e. The molecule has 13 heavy (non-hydrogen) atoms. The van der Waals surface area contributed by atoms with Gasteiger partial charge in [0.15, 0.2) is 0 Å². The molecular formula is C9H22N2O2. The van der Waals surface area contributed by atoms with E-state index in [2.05, 4.69) is 16.7 Å². The smallest absolute Gasteiger partial charge is 0.0558 e. The molecule has 4 nitrogen and oxygen atoms in total. The van der Waals surface area contributed by atoms with Crippen LogP contribution in [0.3, 0.4) is 0 Å². The first kappa shape index (κ1) is 12.8. The molecule has 0 aliphatic heterocycles. The maximum absolute atomic E-state index is 8.78. The largest absolute Gasteiger partial charge is 0.395 e. The molecule has 0 amide bonds. The molecule has 1 unspecified atom stereocenters. The van der Waals surface area contributed by atoms with Gasteiger partial charge in [0.25, 0.3) is 0 Å². The molecule has 0 fully saturated rings. The fourth-order valence-corrected chi connectivity index (χ4v) is 1.11. The highest BCUT2D eigenvalue weighted by atomic mass is 16.3. The maximum Gasteiger partial charge on any atom is 0.0558 e. The summed E-state index contributed by atoms with van der Waals surface area (Å²) in [4.78, 5) is 4.19. The Kier molecular flexibility index (Phi) is 7.17. The zero-order chi connectivity index (χ0) is 10.3. The Bertz CT molecular complexity index is 114. The molecule has 0 aromatic rings. The van der Waals surface area contributed by atoms with Crippen molar-refractivity contribution in [3.05, 3.63) is 0 Å². The predicted molar refractivity (Wildman–Crippen MR) is 53.8 cm³/mol. The number of aliphatic hydroxyl groups excluding tert-OH is 2. The van der Waals surface area contributed by atoms with Crippen molar-refractivity contribution in [2.24, 2.45) is 0 Å². The Labute approximate surface area is 80.8 Å². The Morgan fingerprint density at radius 3 is 1.85 bits per heavy atom. The Morgan fingerprint density at radius 1 is 1.08 bits per heavy atom. The van der Waals surface area contributed by atoms with Crippen molar-refractivity contribution in [3.63, 3.8) is 0 Å². The second kappa shape index (κ2) is 7.26. The minimum atomic E-state index is 0.153. The van der Waals surface area contributed by atoms with Gasteiger partial charge in [-0.1, -0.05) is 0 Å². The standard InChI is InChI=1S/C9H22N2O2/c1-9(10(2)3)8-11(4-6-12)5-7-13/h9,12-13H,4-8H2,1-3H3. The van der Waals surface area contributed by atoms with E-state index in [1.807, 2.05) is 14.1 Å². The second-order valence-corrected chi connectivity index (χ2v) is 3.56. The third-order valence-electron chi connectivity index (χ3n) is 2.24. The second-order valence-electron chi connectivity index (χ2n) is 3.56. The van der Waals surface area contributed by atoms with E-state index in [4.69, 9.17) is 10.2 Å². The molecule has 0 aliphatic carbocycles. The summed E-state index contributed by atoms with van der Waals surface area (Å²) in [6.45, 7) is 4.59. The summed E-state index contributed by atoms with van der Waals surface area (Å²) in [5.74, 6) is 0. The Morgan fingerprint density at radius 2 is 1.54 bits per heavy atom. The summed E-state index contributed by atoms with van der Waals surface area (Å²) >= 11 is 0. The van der Waals surface area contributed by atoms with Crippen LogP contribution < -0.4 is 0 Å². The molecule has 0 aromatic carbocycles. The van der Waals surface area contributed by atoms with Gasteiger partial charge in [-0.2, -0.15) is 0 Å². The molecule has 0 aromatic heterocycles. The van der Waals surface area contributed by atoms with Crippen molar-refractivity contribution >= 4 is 0 Å². The number of nitrogens with zero attached hydrogens (tertiary/aromatic N) is 2. The van der Waals surface area contributed by atoms with E-state index in [0.717, 1.165) is 6.54 Å². The van der Waals surface area contributed by atoms with Crippen LogP contribution in [0.2, 0.25) is 0 Å². The van der Waals surface area contributed by atoms with Gasteiger partial charge in [0.2, 0.25) is 0 Å². The summed E-state index contributed by atoms with van der Waals surface area (Å²) < 4.78 is 0. The molecule has 0 bridgehead atoms. The van der Waals surface area contributed by atoms with Crippen molar-refractivity contribution in [1.29, 1.82) is 0 Å². The summed E-state index contributed by atoms with van der Waals surface area (Å²) in [5, 5.41) is 17.6. The van der Waals surface area contributed by atoms with E-state index in [0.29, 0.717) is 19.1 Å². The number of hydrogen-bond acceptors (Lipinski definition) is 4. The van der Waals surface area contributed by atoms with E-state index in [1.165, 1.54) is 0 Å². The number of rotatable bonds is 7. The van der Waals surface area contributed by atoms with Crippen molar-refractivity contribution < 1.29 is 10.2 Å². The summed E-state index contributed by atoms with van der Waals surface area (Å²) in [7, 11) is 4.06. The fourth-order valence-electron chi connectivity index (χ4n) is 1.11. The normalized spacial score (nSPS) is 14.1. The van der Waals surface area contributed by atoms with Crippen LogP contribution in [-0.4, -0.2) is 73.0 Å². The lowest BCUT2D eigenvalue weighted by Crippen LogP contribution is -2.41. The molecule has 0 heterocycles. The highest BCUT2D eigenvalue weighted by molar-refractivity contribution is 4.66. The van der Waals surface area contributed by atoms with Crippen LogP contribution in [0.4, 0.5) is 0 Å². The van der Waals surface area contributed by atoms with Gasteiger partial charge in [-0.15, -0.1) is 0 Å². The van der Waals surface area contributed by atoms with Gasteiger partial charge in [0, 0.05) is 25.7 Å². The SMILES string of the molecule is CC(CN(CCO)CCO)N(C)C. The lowest BCUT2D eigenvalue weighted by Gasteiger charge is -2.27. The molecule has 1 atom stereocenters. The molecule has 2 N–H and O–H groups in total. The lowest BCUT2D eigenvalue weighted by molar-refractivity contribution is 0.133. The van der Waals surface area contributed by atoms with Gasteiger partial charge >= 0.3 is 0 Å². The topological polar surface area (TPSA) is 46.9 Å². The Balaban J connectivity index is 3.78. The van der Waals surface area contributed by atoms with Crippen LogP contribution in [-0.2, 0) is 0 Å². The monoisotopic (exact) mass is 190 g/mol. The fraction of sp³-hybridized carbons (Fsp3) is 1.00. The molecule has 0 rings (SSSR count). The maximum atomic E-state index is 8.78. The van der Waals surface area contributed by atoms with Crippen LogP contribution >= 0.6 is 0 Å². The third kappa shape index (κ3) is 5.99. The van der Waals surface area contributed by atoms with Crippen LogP contribution in [0.15, 0.2) is 0 Å². The quantitative estimate of drug-likeness (QED) is 0.553. The number of hydrogen-bond donors (Lipinski definition) is 2. The Hall–Kier alpha value is -0.160. The van der Waals surface area contributed by atoms with Crippen LogP contribution in [0.5, 0.6) is 0 Å². The molecule has 4 heteroatoms. The first-order chi connectivity index (χ1) is 6.11. The average molecular weight is 190 g/mol. The van der Waals surface area contributed by atoms with E-state index >= 15 is 0 Å². The first-order valence-electron chi connectivity index (χ1n) is 4.72. The van der Waals surface area contributed by atoms with Crippen molar-refractivity contribution in [3.8, 4) is 0 Å². The van der Waals surface area contributed by atoms with Gasteiger partial charge in [-0.05, 0) is 21.0 Å². The lowest BCUT2D eigenvalue weighted by atomic mass is 10.3.